The molecule has 0 saturated carbocycles. The highest BCUT2D eigenvalue weighted by molar-refractivity contribution is 5.50. The summed E-state index contributed by atoms with van der Waals surface area (Å²) >= 11 is 0. The molecule has 0 amide bonds. The second kappa shape index (κ2) is 6.17. The zero-order valence-electron chi connectivity index (χ0n) is 14.1. The lowest BCUT2D eigenvalue weighted by Gasteiger charge is -2.40. The van der Waals surface area contributed by atoms with Gasteiger partial charge in [0.15, 0.2) is 0 Å². The number of benzene rings is 1. The maximum absolute atomic E-state index is 14.5. The number of rotatable bonds is 2. The summed E-state index contributed by atoms with van der Waals surface area (Å²) in [5, 5.41) is 4.92. The van der Waals surface area contributed by atoms with E-state index in [2.05, 4.69) is 41.8 Å². The van der Waals surface area contributed by atoms with Gasteiger partial charge in [-0.1, -0.05) is 26.8 Å². The first-order valence-electron chi connectivity index (χ1n) is 8.50. The van der Waals surface area contributed by atoms with Crippen LogP contribution in [0.3, 0.4) is 0 Å². The van der Waals surface area contributed by atoms with Crippen LogP contribution in [0.2, 0.25) is 0 Å². The van der Waals surface area contributed by atoms with Crippen molar-refractivity contribution in [2.45, 2.75) is 39.0 Å². The maximum Gasteiger partial charge on any atom is 0.146 e. The Morgan fingerprint density at radius 1 is 0.864 bits per heavy atom. The van der Waals surface area contributed by atoms with Crippen molar-refractivity contribution in [1.82, 2.24) is 10.0 Å². The van der Waals surface area contributed by atoms with Gasteiger partial charge in [0.1, 0.15) is 5.82 Å². The average molecular weight is 305 g/mol. The number of nitrogens with zero attached hydrogens (tertiary/aromatic N) is 3. The standard InChI is InChI=1S/C18H28FN3/c1-18(2,3)15-6-7-17(16(19)14-15)20-10-12-22(13-11-20)21-8-4-5-9-21/h6-7,14H,4-5,8-13H2,1-3H3. The summed E-state index contributed by atoms with van der Waals surface area (Å²) in [6.07, 6.45) is 2.62. The van der Waals surface area contributed by atoms with Gasteiger partial charge < -0.3 is 4.90 Å². The van der Waals surface area contributed by atoms with Gasteiger partial charge in [-0.2, -0.15) is 0 Å². The zero-order valence-corrected chi connectivity index (χ0v) is 14.1. The Morgan fingerprint density at radius 2 is 1.45 bits per heavy atom. The van der Waals surface area contributed by atoms with Gasteiger partial charge in [0.05, 0.1) is 5.69 Å². The third kappa shape index (κ3) is 3.28. The lowest BCUT2D eigenvalue weighted by Crippen LogP contribution is -2.53. The molecular formula is C18H28FN3. The summed E-state index contributed by atoms with van der Waals surface area (Å²) < 4.78 is 14.5. The second-order valence-electron chi connectivity index (χ2n) is 7.52. The van der Waals surface area contributed by atoms with E-state index in [9.17, 15) is 4.39 Å². The maximum atomic E-state index is 14.5. The topological polar surface area (TPSA) is 9.72 Å². The lowest BCUT2D eigenvalue weighted by atomic mass is 9.87. The van der Waals surface area contributed by atoms with Gasteiger partial charge in [0.2, 0.25) is 0 Å². The summed E-state index contributed by atoms with van der Waals surface area (Å²) in [6, 6.07) is 5.74. The zero-order chi connectivity index (χ0) is 15.7. The second-order valence-corrected chi connectivity index (χ2v) is 7.52. The van der Waals surface area contributed by atoms with E-state index >= 15 is 0 Å². The first kappa shape index (κ1) is 15.8. The molecule has 0 spiro atoms. The van der Waals surface area contributed by atoms with E-state index in [1.54, 1.807) is 6.07 Å². The van der Waals surface area contributed by atoms with E-state index in [4.69, 9.17) is 0 Å². The molecule has 2 heterocycles. The number of hydrazine groups is 1. The van der Waals surface area contributed by atoms with Crippen molar-refractivity contribution in [3.8, 4) is 0 Å². The number of piperazine rings is 1. The molecule has 4 heteroatoms. The smallest absolute Gasteiger partial charge is 0.146 e. The van der Waals surface area contributed by atoms with Crippen molar-refractivity contribution in [2.75, 3.05) is 44.2 Å². The van der Waals surface area contributed by atoms with Gasteiger partial charge in [-0.05, 0) is 36.0 Å². The molecule has 2 fully saturated rings. The Bertz CT molecular complexity index is 510. The lowest BCUT2D eigenvalue weighted by molar-refractivity contribution is -0.00766. The summed E-state index contributed by atoms with van der Waals surface area (Å²) in [5.74, 6) is -0.0814. The predicted molar refractivity (Wildman–Crippen MR) is 89.7 cm³/mol. The van der Waals surface area contributed by atoms with E-state index in [1.807, 2.05) is 6.07 Å². The molecule has 22 heavy (non-hydrogen) atoms. The van der Waals surface area contributed by atoms with E-state index in [0.29, 0.717) is 0 Å². The van der Waals surface area contributed by atoms with Gasteiger partial charge in [0.25, 0.3) is 0 Å². The van der Waals surface area contributed by atoms with E-state index in [0.717, 1.165) is 37.4 Å². The van der Waals surface area contributed by atoms with Crippen LogP contribution in [0.15, 0.2) is 18.2 Å². The van der Waals surface area contributed by atoms with Crippen molar-refractivity contribution >= 4 is 5.69 Å². The minimum absolute atomic E-state index is 0.00613. The fourth-order valence-electron chi connectivity index (χ4n) is 3.43. The SMILES string of the molecule is CC(C)(C)c1ccc(N2CCN(N3CCCC3)CC2)c(F)c1. The molecule has 0 aliphatic carbocycles. The molecule has 2 saturated heterocycles. The highest BCUT2D eigenvalue weighted by Gasteiger charge is 2.25. The van der Waals surface area contributed by atoms with E-state index in [1.165, 1.54) is 25.9 Å². The Balaban J connectivity index is 1.66. The Morgan fingerprint density at radius 3 is 2.00 bits per heavy atom. The summed E-state index contributed by atoms with van der Waals surface area (Å²) in [5.41, 5.74) is 1.81. The third-order valence-corrected chi connectivity index (χ3v) is 4.89. The van der Waals surface area contributed by atoms with Crippen LogP contribution >= 0.6 is 0 Å². The number of anilines is 1. The van der Waals surface area contributed by atoms with Crippen LogP contribution in [0.4, 0.5) is 10.1 Å². The quantitative estimate of drug-likeness (QED) is 0.830. The predicted octanol–water partition coefficient (Wildman–Crippen LogP) is 3.26. The van der Waals surface area contributed by atoms with Crippen molar-refractivity contribution in [3.63, 3.8) is 0 Å². The first-order valence-corrected chi connectivity index (χ1v) is 8.50. The van der Waals surface area contributed by atoms with Crippen LogP contribution < -0.4 is 4.90 Å². The van der Waals surface area contributed by atoms with E-state index in [-0.39, 0.29) is 11.2 Å². The van der Waals surface area contributed by atoms with Crippen molar-refractivity contribution in [1.29, 1.82) is 0 Å². The minimum atomic E-state index is -0.0814. The molecular weight excluding hydrogens is 277 g/mol. The fourth-order valence-corrected chi connectivity index (χ4v) is 3.43. The first-order chi connectivity index (χ1) is 10.4. The van der Waals surface area contributed by atoms with Gasteiger partial charge in [-0.15, -0.1) is 0 Å². The van der Waals surface area contributed by atoms with Crippen LogP contribution in [0.25, 0.3) is 0 Å². The fraction of sp³-hybridized carbons (Fsp3) is 0.667. The summed E-state index contributed by atoms with van der Waals surface area (Å²) in [4.78, 5) is 2.19. The molecule has 0 bridgehead atoms. The van der Waals surface area contributed by atoms with Gasteiger partial charge in [-0.3, -0.25) is 0 Å². The van der Waals surface area contributed by atoms with Crippen molar-refractivity contribution in [3.05, 3.63) is 29.6 Å². The molecule has 1 aromatic rings. The highest BCUT2D eigenvalue weighted by Crippen LogP contribution is 2.28. The number of hydrogen-bond donors (Lipinski definition) is 0. The van der Waals surface area contributed by atoms with Gasteiger partial charge in [0, 0.05) is 39.3 Å². The van der Waals surface area contributed by atoms with Gasteiger partial charge in [-0.25, -0.2) is 14.4 Å². The number of halogens is 1. The normalized spacial score (nSPS) is 21.5. The Hall–Kier alpha value is -1.13. The monoisotopic (exact) mass is 305 g/mol. The largest absolute Gasteiger partial charge is 0.366 e. The minimum Gasteiger partial charge on any atom is -0.366 e. The third-order valence-electron chi connectivity index (χ3n) is 4.89. The molecule has 2 aliphatic heterocycles. The van der Waals surface area contributed by atoms with Crippen LogP contribution in [0.5, 0.6) is 0 Å². The summed E-state index contributed by atoms with van der Waals surface area (Å²) in [7, 11) is 0. The molecule has 3 nitrogen and oxygen atoms in total. The highest BCUT2D eigenvalue weighted by atomic mass is 19.1. The number of hydrogen-bond acceptors (Lipinski definition) is 3. The van der Waals surface area contributed by atoms with Gasteiger partial charge >= 0.3 is 0 Å². The van der Waals surface area contributed by atoms with E-state index < -0.39 is 0 Å². The molecule has 0 N–H and O–H groups in total. The molecule has 1 aromatic carbocycles. The van der Waals surface area contributed by atoms with Crippen LogP contribution in [0, 0.1) is 5.82 Å². The molecule has 0 atom stereocenters. The average Bonchev–Trinajstić information content (AvgIpc) is 3.01. The summed E-state index contributed by atoms with van der Waals surface area (Å²) in [6.45, 7) is 12.6. The molecule has 3 rings (SSSR count). The van der Waals surface area contributed by atoms with Crippen LogP contribution in [0.1, 0.15) is 39.2 Å². The van der Waals surface area contributed by atoms with Crippen LogP contribution in [-0.2, 0) is 5.41 Å². The molecule has 0 radical (unpaired) electrons. The Kier molecular flexibility index (Phi) is 4.42. The molecule has 2 aliphatic rings. The van der Waals surface area contributed by atoms with Crippen molar-refractivity contribution < 1.29 is 4.39 Å². The van der Waals surface area contributed by atoms with Crippen molar-refractivity contribution in [2.24, 2.45) is 0 Å². The molecule has 122 valence electrons. The van der Waals surface area contributed by atoms with Crippen LogP contribution in [-0.4, -0.2) is 49.3 Å². The Labute approximate surface area is 133 Å². The molecule has 0 aromatic heterocycles. The molecule has 0 unspecified atom stereocenters.